The van der Waals surface area contributed by atoms with Crippen LogP contribution < -0.4 is 14.8 Å². The first kappa shape index (κ1) is 21.7. The molecule has 0 aliphatic heterocycles. The predicted molar refractivity (Wildman–Crippen MR) is 127 cm³/mol. The smallest absolute Gasteiger partial charge is 0.268 e. The number of pyridine rings is 1. The monoisotopic (exact) mass is 449 g/mol. The summed E-state index contributed by atoms with van der Waals surface area (Å²) in [5, 5.41) is 3.54. The third-order valence-electron chi connectivity index (χ3n) is 5.09. The summed E-state index contributed by atoms with van der Waals surface area (Å²) in [6, 6.07) is 16.5. The molecular formula is C25H24ClN3O3. The van der Waals surface area contributed by atoms with Crippen molar-refractivity contribution in [2.75, 3.05) is 12.4 Å². The molecule has 164 valence electrons. The largest absolute Gasteiger partial charge is 0.495 e. The summed E-state index contributed by atoms with van der Waals surface area (Å²) in [5.41, 5.74) is 3.06. The van der Waals surface area contributed by atoms with Crippen molar-refractivity contribution >= 4 is 28.8 Å². The molecular weight excluding hydrogens is 426 g/mol. The van der Waals surface area contributed by atoms with E-state index >= 15 is 0 Å². The molecule has 0 radical (unpaired) electrons. The van der Waals surface area contributed by atoms with E-state index in [-0.39, 0.29) is 5.91 Å². The van der Waals surface area contributed by atoms with Gasteiger partial charge in [-0.3, -0.25) is 4.79 Å². The molecule has 2 heterocycles. The van der Waals surface area contributed by atoms with E-state index in [1.807, 2.05) is 54.0 Å². The Morgan fingerprint density at radius 1 is 1.09 bits per heavy atom. The Morgan fingerprint density at radius 2 is 1.84 bits per heavy atom. The SMILES string of the molecule is COc1ccc(-c2cn3ccc(C)cc3n2)cc1NC(=O)C(C)(C)Oc1ccc(Cl)cc1. The molecule has 32 heavy (non-hydrogen) atoms. The fraction of sp³-hybridized carbons (Fsp3) is 0.200. The van der Waals surface area contributed by atoms with E-state index in [0.29, 0.717) is 22.2 Å². The van der Waals surface area contributed by atoms with Crippen LogP contribution in [0, 0.1) is 6.92 Å². The van der Waals surface area contributed by atoms with Gasteiger partial charge >= 0.3 is 0 Å². The molecule has 0 atom stereocenters. The molecule has 0 bridgehead atoms. The molecule has 0 aliphatic rings. The number of carbonyl (C=O) groups excluding carboxylic acids is 1. The molecule has 0 unspecified atom stereocenters. The van der Waals surface area contributed by atoms with Crippen LogP contribution in [-0.4, -0.2) is 28.0 Å². The van der Waals surface area contributed by atoms with Crippen LogP contribution in [0.4, 0.5) is 5.69 Å². The van der Waals surface area contributed by atoms with E-state index in [1.54, 1.807) is 45.2 Å². The summed E-state index contributed by atoms with van der Waals surface area (Å²) in [6.07, 6.45) is 3.93. The molecule has 6 nitrogen and oxygen atoms in total. The first-order valence-electron chi connectivity index (χ1n) is 10.1. The highest BCUT2D eigenvalue weighted by molar-refractivity contribution is 6.30. The van der Waals surface area contributed by atoms with Gasteiger partial charge in [0.2, 0.25) is 0 Å². The first-order valence-corrected chi connectivity index (χ1v) is 10.5. The number of aromatic nitrogens is 2. The number of benzene rings is 2. The maximum absolute atomic E-state index is 13.1. The Bertz CT molecular complexity index is 1280. The number of hydrogen-bond acceptors (Lipinski definition) is 4. The van der Waals surface area contributed by atoms with Gasteiger partial charge < -0.3 is 19.2 Å². The molecule has 4 rings (SSSR count). The lowest BCUT2D eigenvalue weighted by atomic mass is 10.1. The summed E-state index contributed by atoms with van der Waals surface area (Å²) in [5.74, 6) is 0.785. The van der Waals surface area contributed by atoms with Gasteiger partial charge in [0.05, 0.1) is 18.5 Å². The van der Waals surface area contributed by atoms with Gasteiger partial charge in [-0.25, -0.2) is 4.98 Å². The fourth-order valence-corrected chi connectivity index (χ4v) is 3.43. The van der Waals surface area contributed by atoms with Gasteiger partial charge in [-0.05, 0) is 80.9 Å². The van der Waals surface area contributed by atoms with Crippen LogP contribution in [0.15, 0.2) is 67.0 Å². The zero-order valence-corrected chi connectivity index (χ0v) is 19.1. The molecule has 0 saturated carbocycles. The standard InChI is InChI=1S/C25H24ClN3O3/c1-16-11-12-29-15-21(27-23(29)13-16)17-5-10-22(31-4)20(14-17)28-24(30)25(2,3)32-19-8-6-18(26)7-9-19/h5-15H,1-4H3,(H,28,30). The number of hydrogen-bond donors (Lipinski definition) is 1. The second-order valence-electron chi connectivity index (χ2n) is 8.03. The van der Waals surface area contributed by atoms with Gasteiger partial charge in [0.15, 0.2) is 5.60 Å². The normalized spacial score (nSPS) is 11.4. The molecule has 1 amide bonds. The van der Waals surface area contributed by atoms with Crippen molar-refractivity contribution in [2.24, 2.45) is 0 Å². The highest BCUT2D eigenvalue weighted by Crippen LogP contribution is 2.32. The summed E-state index contributed by atoms with van der Waals surface area (Å²) in [4.78, 5) is 17.8. The van der Waals surface area contributed by atoms with Crippen LogP contribution in [0.2, 0.25) is 5.02 Å². The minimum atomic E-state index is -1.13. The van der Waals surface area contributed by atoms with Crippen LogP contribution >= 0.6 is 11.6 Å². The average Bonchev–Trinajstić information content (AvgIpc) is 3.18. The zero-order chi connectivity index (χ0) is 22.9. The number of nitrogens with one attached hydrogen (secondary N) is 1. The lowest BCUT2D eigenvalue weighted by Gasteiger charge is -2.26. The van der Waals surface area contributed by atoms with Crippen LogP contribution in [0.25, 0.3) is 16.9 Å². The van der Waals surface area contributed by atoms with Gasteiger partial charge in [-0.1, -0.05) is 11.6 Å². The van der Waals surface area contributed by atoms with Gasteiger partial charge in [-0.2, -0.15) is 0 Å². The molecule has 0 aliphatic carbocycles. The molecule has 7 heteroatoms. The summed E-state index contributed by atoms with van der Waals surface area (Å²) >= 11 is 5.93. The quantitative estimate of drug-likeness (QED) is 0.406. The molecule has 0 spiro atoms. The van der Waals surface area contributed by atoms with E-state index < -0.39 is 5.60 Å². The number of amides is 1. The zero-order valence-electron chi connectivity index (χ0n) is 18.3. The number of fused-ring (bicyclic) bond motifs is 1. The Morgan fingerprint density at radius 3 is 2.56 bits per heavy atom. The number of methoxy groups -OCH3 is 1. The lowest BCUT2D eigenvalue weighted by molar-refractivity contribution is -0.128. The number of imidazole rings is 1. The van der Waals surface area contributed by atoms with E-state index in [4.69, 9.17) is 26.1 Å². The van der Waals surface area contributed by atoms with E-state index in [1.165, 1.54) is 0 Å². The Hall–Kier alpha value is -3.51. The number of ether oxygens (including phenoxy) is 2. The molecule has 1 N–H and O–H groups in total. The van der Waals surface area contributed by atoms with Gasteiger partial charge in [-0.15, -0.1) is 0 Å². The van der Waals surface area contributed by atoms with Crippen molar-refractivity contribution in [3.8, 4) is 22.8 Å². The number of anilines is 1. The van der Waals surface area contributed by atoms with Crippen LogP contribution in [0.1, 0.15) is 19.4 Å². The number of halogens is 1. The van der Waals surface area contributed by atoms with E-state index in [2.05, 4.69) is 5.32 Å². The molecule has 2 aromatic carbocycles. The van der Waals surface area contributed by atoms with Gasteiger partial charge in [0.1, 0.15) is 17.1 Å². The second kappa shape index (κ2) is 8.55. The number of aryl methyl sites for hydroxylation is 1. The molecule has 2 aromatic heterocycles. The highest BCUT2D eigenvalue weighted by atomic mass is 35.5. The summed E-state index contributed by atoms with van der Waals surface area (Å²) in [6.45, 7) is 5.44. The van der Waals surface area contributed by atoms with Crippen molar-refractivity contribution in [3.05, 3.63) is 77.6 Å². The minimum Gasteiger partial charge on any atom is -0.495 e. The highest BCUT2D eigenvalue weighted by Gasteiger charge is 2.31. The van der Waals surface area contributed by atoms with Crippen LogP contribution in [0.3, 0.4) is 0 Å². The maximum atomic E-state index is 13.1. The molecule has 0 saturated heterocycles. The Balaban J connectivity index is 1.60. The average molecular weight is 450 g/mol. The van der Waals surface area contributed by atoms with Crippen molar-refractivity contribution < 1.29 is 14.3 Å². The number of rotatable bonds is 6. The van der Waals surface area contributed by atoms with Gasteiger partial charge in [0, 0.05) is 23.0 Å². The van der Waals surface area contributed by atoms with Crippen LogP contribution in [-0.2, 0) is 4.79 Å². The summed E-state index contributed by atoms with van der Waals surface area (Å²) < 4.78 is 13.3. The Kier molecular flexibility index (Phi) is 5.80. The maximum Gasteiger partial charge on any atom is 0.268 e. The lowest BCUT2D eigenvalue weighted by Crippen LogP contribution is -2.42. The van der Waals surface area contributed by atoms with Gasteiger partial charge in [0.25, 0.3) is 5.91 Å². The van der Waals surface area contributed by atoms with Crippen molar-refractivity contribution in [1.82, 2.24) is 9.38 Å². The van der Waals surface area contributed by atoms with E-state index in [0.717, 1.165) is 22.5 Å². The third kappa shape index (κ3) is 4.55. The van der Waals surface area contributed by atoms with Crippen molar-refractivity contribution in [1.29, 1.82) is 0 Å². The van der Waals surface area contributed by atoms with E-state index in [9.17, 15) is 4.79 Å². The minimum absolute atomic E-state index is 0.312. The summed E-state index contributed by atoms with van der Waals surface area (Å²) in [7, 11) is 1.56. The predicted octanol–water partition coefficient (Wildman–Crippen LogP) is 5.77. The van der Waals surface area contributed by atoms with Crippen LogP contribution in [0.5, 0.6) is 11.5 Å². The topological polar surface area (TPSA) is 64.9 Å². The molecule has 0 fully saturated rings. The molecule has 4 aromatic rings. The van der Waals surface area contributed by atoms with Crippen molar-refractivity contribution in [3.63, 3.8) is 0 Å². The number of carbonyl (C=O) groups is 1. The third-order valence-corrected chi connectivity index (χ3v) is 5.34. The first-order chi connectivity index (χ1) is 15.2. The van der Waals surface area contributed by atoms with Crippen molar-refractivity contribution in [2.45, 2.75) is 26.4 Å². The Labute approximate surface area is 191 Å². The second-order valence-corrected chi connectivity index (χ2v) is 8.47. The number of nitrogens with zero attached hydrogens (tertiary/aromatic N) is 2. The fourth-order valence-electron chi connectivity index (χ4n) is 3.30.